The summed E-state index contributed by atoms with van der Waals surface area (Å²) in [7, 11) is 0. The second-order valence-corrected chi connectivity index (χ2v) is 10.8. The number of amides is 3. The van der Waals surface area contributed by atoms with Crippen LogP contribution in [0.4, 0.5) is 0 Å². The van der Waals surface area contributed by atoms with Gasteiger partial charge in [-0.2, -0.15) is 0 Å². The van der Waals surface area contributed by atoms with Gasteiger partial charge in [0.2, 0.25) is 11.8 Å². The standard InChI is InChI=1S/C26H32N4O3S/c1-26(2,3)25(33)30-12-10-18(11-13-30)28-23(31)21(29-24(32)22-9-6-14-34-22)15-17-16-27-20-8-5-4-7-19(17)20/h4-9,14,16,18,21,27H,10-13,15H2,1-3H3,(H,28,31)(H,29,32). The number of carbonyl (C=O) groups is 3. The Morgan fingerprint density at radius 2 is 1.85 bits per heavy atom. The maximum Gasteiger partial charge on any atom is 0.262 e. The smallest absolute Gasteiger partial charge is 0.262 e. The number of likely N-dealkylation sites (tertiary alicyclic amines) is 1. The first-order valence-electron chi connectivity index (χ1n) is 11.7. The maximum atomic E-state index is 13.3. The van der Waals surface area contributed by atoms with E-state index in [1.54, 1.807) is 6.07 Å². The molecule has 3 aromatic rings. The minimum atomic E-state index is -0.706. The number of piperidine rings is 1. The van der Waals surface area contributed by atoms with Crippen molar-refractivity contribution in [3.63, 3.8) is 0 Å². The summed E-state index contributed by atoms with van der Waals surface area (Å²) in [6.07, 6.45) is 3.69. The van der Waals surface area contributed by atoms with Crippen molar-refractivity contribution in [2.75, 3.05) is 13.1 Å². The molecule has 180 valence electrons. The van der Waals surface area contributed by atoms with Gasteiger partial charge in [-0.3, -0.25) is 14.4 Å². The minimum absolute atomic E-state index is 0.0272. The number of rotatable bonds is 6. The van der Waals surface area contributed by atoms with Crippen molar-refractivity contribution >= 4 is 40.0 Å². The van der Waals surface area contributed by atoms with Crippen LogP contribution in [0, 0.1) is 5.41 Å². The molecule has 4 rings (SSSR count). The van der Waals surface area contributed by atoms with Crippen LogP contribution in [0.25, 0.3) is 10.9 Å². The summed E-state index contributed by atoms with van der Waals surface area (Å²) in [5.41, 5.74) is 1.57. The normalized spacial score (nSPS) is 15.8. The van der Waals surface area contributed by atoms with Gasteiger partial charge in [0.15, 0.2) is 0 Å². The first-order chi connectivity index (χ1) is 16.2. The molecule has 0 aliphatic carbocycles. The van der Waals surface area contributed by atoms with E-state index in [0.29, 0.717) is 37.2 Å². The van der Waals surface area contributed by atoms with Crippen LogP contribution in [-0.4, -0.2) is 52.8 Å². The van der Waals surface area contributed by atoms with Crippen LogP contribution in [-0.2, 0) is 16.0 Å². The molecule has 1 fully saturated rings. The monoisotopic (exact) mass is 480 g/mol. The molecule has 3 amide bonds. The second-order valence-electron chi connectivity index (χ2n) is 9.89. The summed E-state index contributed by atoms with van der Waals surface area (Å²) < 4.78 is 0. The van der Waals surface area contributed by atoms with E-state index >= 15 is 0 Å². The molecule has 0 bridgehead atoms. The Hall–Kier alpha value is -3.13. The van der Waals surface area contributed by atoms with Crippen LogP contribution in [0.3, 0.4) is 0 Å². The van der Waals surface area contributed by atoms with Crippen LogP contribution in [0.15, 0.2) is 48.0 Å². The zero-order chi connectivity index (χ0) is 24.3. The van der Waals surface area contributed by atoms with Gasteiger partial charge in [-0.1, -0.05) is 45.0 Å². The maximum absolute atomic E-state index is 13.3. The van der Waals surface area contributed by atoms with Crippen LogP contribution in [0.1, 0.15) is 48.8 Å². The van der Waals surface area contributed by atoms with E-state index in [2.05, 4.69) is 15.6 Å². The number of nitrogens with zero attached hydrogens (tertiary/aromatic N) is 1. The van der Waals surface area contributed by atoms with Crippen molar-refractivity contribution in [2.24, 2.45) is 5.41 Å². The molecule has 0 spiro atoms. The first kappa shape index (κ1) is 24.0. The zero-order valence-electron chi connectivity index (χ0n) is 19.9. The fourth-order valence-electron chi connectivity index (χ4n) is 4.37. The number of hydrogen-bond acceptors (Lipinski definition) is 4. The number of H-pyrrole nitrogens is 1. The number of thiophene rings is 1. The highest BCUT2D eigenvalue weighted by atomic mass is 32.1. The zero-order valence-corrected chi connectivity index (χ0v) is 20.7. The van der Waals surface area contributed by atoms with E-state index in [4.69, 9.17) is 0 Å². The van der Waals surface area contributed by atoms with Gasteiger partial charge < -0.3 is 20.5 Å². The lowest BCUT2D eigenvalue weighted by Gasteiger charge is -2.36. The molecule has 1 aromatic carbocycles. The van der Waals surface area contributed by atoms with E-state index in [9.17, 15) is 14.4 Å². The lowest BCUT2D eigenvalue weighted by molar-refractivity contribution is -0.140. The number of hydrogen-bond donors (Lipinski definition) is 3. The summed E-state index contributed by atoms with van der Waals surface area (Å²) in [5.74, 6) is -0.311. The van der Waals surface area contributed by atoms with E-state index < -0.39 is 11.5 Å². The molecule has 3 heterocycles. The fraction of sp³-hybridized carbons (Fsp3) is 0.423. The van der Waals surface area contributed by atoms with Crippen molar-refractivity contribution in [2.45, 2.75) is 52.1 Å². The number of aromatic nitrogens is 1. The quantitative estimate of drug-likeness (QED) is 0.502. The van der Waals surface area contributed by atoms with Gasteiger partial charge in [-0.15, -0.1) is 11.3 Å². The number of aromatic amines is 1. The Balaban J connectivity index is 1.44. The molecule has 3 N–H and O–H groups in total. The number of nitrogens with one attached hydrogen (secondary N) is 3. The van der Waals surface area contributed by atoms with Gasteiger partial charge in [0.1, 0.15) is 6.04 Å². The Labute approximate surface area is 203 Å². The van der Waals surface area contributed by atoms with Crippen molar-refractivity contribution in [1.29, 1.82) is 0 Å². The van der Waals surface area contributed by atoms with Gasteiger partial charge in [-0.25, -0.2) is 0 Å². The molecule has 0 radical (unpaired) electrons. The first-order valence-corrected chi connectivity index (χ1v) is 12.6. The molecule has 1 aliphatic heterocycles. The van der Waals surface area contributed by atoms with Crippen molar-refractivity contribution in [1.82, 2.24) is 20.5 Å². The van der Waals surface area contributed by atoms with Gasteiger partial charge in [0, 0.05) is 48.1 Å². The van der Waals surface area contributed by atoms with E-state index in [0.717, 1.165) is 16.5 Å². The number of benzene rings is 1. The lowest BCUT2D eigenvalue weighted by atomic mass is 9.93. The van der Waals surface area contributed by atoms with E-state index in [1.165, 1.54) is 11.3 Å². The third-order valence-electron chi connectivity index (χ3n) is 6.24. The predicted octanol–water partition coefficient (Wildman–Crippen LogP) is 3.72. The SMILES string of the molecule is CC(C)(C)C(=O)N1CCC(NC(=O)C(Cc2c[nH]c3ccccc23)NC(=O)c2cccs2)CC1. The van der Waals surface area contributed by atoms with E-state index in [-0.39, 0.29) is 23.8 Å². The summed E-state index contributed by atoms with van der Waals surface area (Å²) in [4.78, 5) is 44.4. The van der Waals surface area contributed by atoms with Gasteiger partial charge >= 0.3 is 0 Å². The van der Waals surface area contributed by atoms with Crippen molar-refractivity contribution in [3.8, 4) is 0 Å². The van der Waals surface area contributed by atoms with Gasteiger partial charge in [0.05, 0.1) is 4.88 Å². The lowest BCUT2D eigenvalue weighted by Crippen LogP contribution is -2.54. The third kappa shape index (κ3) is 5.50. The fourth-order valence-corrected chi connectivity index (χ4v) is 5.00. The minimum Gasteiger partial charge on any atom is -0.361 e. The molecule has 2 aromatic heterocycles. The summed E-state index contributed by atoms with van der Waals surface area (Å²) in [6.45, 7) is 7.02. The Morgan fingerprint density at radius 3 is 2.53 bits per heavy atom. The van der Waals surface area contributed by atoms with Crippen molar-refractivity contribution < 1.29 is 14.4 Å². The van der Waals surface area contributed by atoms with Gasteiger partial charge in [0.25, 0.3) is 5.91 Å². The molecule has 8 heteroatoms. The molecule has 0 saturated carbocycles. The highest BCUT2D eigenvalue weighted by Crippen LogP contribution is 2.22. The molecule has 1 unspecified atom stereocenters. The Kier molecular flexibility index (Phi) is 7.07. The van der Waals surface area contributed by atoms with Crippen LogP contribution < -0.4 is 10.6 Å². The summed E-state index contributed by atoms with van der Waals surface area (Å²) >= 11 is 1.35. The van der Waals surface area contributed by atoms with Crippen molar-refractivity contribution in [3.05, 3.63) is 58.4 Å². The highest BCUT2D eigenvalue weighted by molar-refractivity contribution is 7.12. The molecule has 1 aliphatic rings. The molecule has 34 heavy (non-hydrogen) atoms. The second kappa shape index (κ2) is 10.0. The average molecular weight is 481 g/mol. The molecular formula is C26H32N4O3S. The molecule has 1 saturated heterocycles. The summed E-state index contributed by atoms with van der Waals surface area (Å²) in [6, 6.07) is 10.8. The van der Waals surface area contributed by atoms with Crippen LogP contribution in [0.5, 0.6) is 0 Å². The van der Waals surface area contributed by atoms with E-state index in [1.807, 2.05) is 67.6 Å². The Bertz CT molecular complexity index is 1150. The predicted molar refractivity (Wildman–Crippen MR) is 135 cm³/mol. The number of para-hydroxylation sites is 1. The van der Waals surface area contributed by atoms with Crippen LogP contribution in [0.2, 0.25) is 0 Å². The molecule has 7 nitrogen and oxygen atoms in total. The number of carbonyl (C=O) groups excluding carboxylic acids is 3. The Morgan fingerprint density at radius 1 is 1.12 bits per heavy atom. The topological polar surface area (TPSA) is 94.3 Å². The highest BCUT2D eigenvalue weighted by Gasteiger charge is 2.32. The van der Waals surface area contributed by atoms with Gasteiger partial charge in [-0.05, 0) is 35.9 Å². The average Bonchev–Trinajstić information content (AvgIpc) is 3.49. The largest absolute Gasteiger partial charge is 0.361 e. The summed E-state index contributed by atoms with van der Waals surface area (Å²) in [5, 5.41) is 8.95. The third-order valence-corrected chi connectivity index (χ3v) is 7.10. The van der Waals surface area contributed by atoms with Crippen LogP contribution >= 0.6 is 11.3 Å². The molecule has 1 atom stereocenters. The molecular weight excluding hydrogens is 448 g/mol. The number of fused-ring (bicyclic) bond motifs is 1.